The Bertz CT molecular complexity index is 417. The highest BCUT2D eigenvalue weighted by atomic mass is 16.5. The van der Waals surface area contributed by atoms with E-state index in [0.29, 0.717) is 5.41 Å². The summed E-state index contributed by atoms with van der Waals surface area (Å²) in [6.07, 6.45) is 7.87. The van der Waals surface area contributed by atoms with Gasteiger partial charge in [-0.2, -0.15) is 0 Å². The monoisotopic (exact) mass is 248 g/mol. The zero-order valence-corrected chi connectivity index (χ0v) is 11.7. The van der Waals surface area contributed by atoms with Gasteiger partial charge >= 0.3 is 0 Å². The van der Waals surface area contributed by atoms with Crippen molar-refractivity contribution in [3.05, 3.63) is 24.0 Å². The molecule has 1 aromatic rings. The second kappa shape index (κ2) is 4.88. The molecule has 1 fully saturated rings. The molecule has 1 unspecified atom stereocenters. The third-order valence-electron chi connectivity index (χ3n) is 3.80. The number of hydrogen-bond donors (Lipinski definition) is 1. The van der Waals surface area contributed by atoms with Gasteiger partial charge in [-0.05, 0) is 42.7 Å². The highest BCUT2D eigenvalue weighted by molar-refractivity contribution is 5.30. The van der Waals surface area contributed by atoms with Crippen molar-refractivity contribution in [1.82, 2.24) is 4.98 Å². The molecule has 0 aromatic carbocycles. The first-order chi connectivity index (χ1) is 8.45. The molecule has 1 aliphatic carbocycles. The molecule has 1 aliphatic rings. The SMILES string of the molecule is CCCOc1cncc(C2(N)CCC(C)(C)C2)c1. The summed E-state index contributed by atoms with van der Waals surface area (Å²) in [6, 6.07) is 2.06. The number of pyridine rings is 1. The molecule has 2 N–H and O–H groups in total. The lowest BCUT2D eigenvalue weighted by molar-refractivity contribution is 0.312. The smallest absolute Gasteiger partial charge is 0.137 e. The first-order valence-electron chi connectivity index (χ1n) is 6.82. The predicted octanol–water partition coefficient (Wildman–Crippen LogP) is 3.23. The lowest BCUT2D eigenvalue weighted by Crippen LogP contribution is -2.34. The average molecular weight is 248 g/mol. The van der Waals surface area contributed by atoms with Crippen LogP contribution in [0.15, 0.2) is 18.5 Å². The molecule has 100 valence electrons. The van der Waals surface area contributed by atoms with Crippen molar-refractivity contribution in [3.63, 3.8) is 0 Å². The Kier molecular flexibility index (Phi) is 3.62. The maximum Gasteiger partial charge on any atom is 0.137 e. The van der Waals surface area contributed by atoms with Gasteiger partial charge in [-0.1, -0.05) is 20.8 Å². The van der Waals surface area contributed by atoms with Crippen LogP contribution in [0.1, 0.15) is 52.0 Å². The summed E-state index contributed by atoms with van der Waals surface area (Å²) >= 11 is 0. The maximum atomic E-state index is 6.56. The molecule has 3 nitrogen and oxygen atoms in total. The topological polar surface area (TPSA) is 48.1 Å². The van der Waals surface area contributed by atoms with Crippen LogP contribution in [0.5, 0.6) is 5.75 Å². The van der Waals surface area contributed by atoms with Crippen LogP contribution in [0.2, 0.25) is 0 Å². The number of hydrogen-bond acceptors (Lipinski definition) is 3. The zero-order chi connectivity index (χ0) is 13.2. The average Bonchev–Trinajstić information content (AvgIpc) is 2.63. The van der Waals surface area contributed by atoms with Gasteiger partial charge in [0.15, 0.2) is 0 Å². The Balaban J connectivity index is 2.18. The first kappa shape index (κ1) is 13.3. The minimum atomic E-state index is -0.234. The van der Waals surface area contributed by atoms with Crippen LogP contribution in [-0.4, -0.2) is 11.6 Å². The molecule has 0 saturated heterocycles. The molecule has 1 atom stereocenters. The molecule has 1 saturated carbocycles. The fourth-order valence-corrected chi connectivity index (χ4v) is 2.83. The van der Waals surface area contributed by atoms with Crippen LogP contribution in [0.4, 0.5) is 0 Å². The fraction of sp³-hybridized carbons (Fsp3) is 0.667. The molecule has 18 heavy (non-hydrogen) atoms. The molecule has 0 aliphatic heterocycles. The van der Waals surface area contributed by atoms with Crippen molar-refractivity contribution in [3.8, 4) is 5.75 Å². The van der Waals surface area contributed by atoms with Gasteiger partial charge in [0.25, 0.3) is 0 Å². The van der Waals surface area contributed by atoms with Crippen LogP contribution >= 0.6 is 0 Å². The van der Waals surface area contributed by atoms with Crippen molar-refractivity contribution in [2.45, 2.75) is 52.0 Å². The summed E-state index contributed by atoms with van der Waals surface area (Å²) in [5.74, 6) is 0.837. The summed E-state index contributed by atoms with van der Waals surface area (Å²) in [5, 5.41) is 0. The standard InChI is InChI=1S/C15H24N2O/c1-4-7-18-13-8-12(9-17-10-13)15(16)6-5-14(2,3)11-15/h8-10H,4-7,11,16H2,1-3H3. The van der Waals surface area contributed by atoms with Crippen LogP contribution < -0.4 is 10.5 Å². The van der Waals surface area contributed by atoms with E-state index in [2.05, 4.69) is 31.8 Å². The summed E-state index contributed by atoms with van der Waals surface area (Å²) in [4.78, 5) is 4.27. The van der Waals surface area contributed by atoms with E-state index in [1.165, 1.54) is 6.42 Å². The fourth-order valence-electron chi connectivity index (χ4n) is 2.83. The van der Waals surface area contributed by atoms with Crippen molar-refractivity contribution >= 4 is 0 Å². The van der Waals surface area contributed by atoms with E-state index >= 15 is 0 Å². The van der Waals surface area contributed by atoms with Crippen molar-refractivity contribution in [1.29, 1.82) is 0 Å². The number of nitrogens with zero attached hydrogens (tertiary/aromatic N) is 1. The molecule has 3 heteroatoms. The van der Waals surface area contributed by atoms with E-state index in [1.807, 2.05) is 6.20 Å². The number of aromatic nitrogens is 1. The third-order valence-corrected chi connectivity index (χ3v) is 3.80. The Morgan fingerprint density at radius 1 is 1.33 bits per heavy atom. The van der Waals surface area contributed by atoms with E-state index < -0.39 is 0 Å². The highest BCUT2D eigenvalue weighted by Gasteiger charge is 2.41. The van der Waals surface area contributed by atoms with Crippen molar-refractivity contribution in [2.24, 2.45) is 11.1 Å². The van der Waals surface area contributed by atoms with Crippen molar-refractivity contribution in [2.75, 3.05) is 6.61 Å². The molecule has 0 bridgehead atoms. The molecule has 0 spiro atoms. The third kappa shape index (κ3) is 2.83. The Morgan fingerprint density at radius 2 is 2.11 bits per heavy atom. The van der Waals surface area contributed by atoms with Crippen LogP contribution in [-0.2, 0) is 5.54 Å². The van der Waals surface area contributed by atoms with Gasteiger partial charge in [-0.3, -0.25) is 4.98 Å². The Hall–Kier alpha value is -1.09. The van der Waals surface area contributed by atoms with Crippen LogP contribution in [0.3, 0.4) is 0 Å². The van der Waals surface area contributed by atoms with E-state index in [9.17, 15) is 0 Å². The van der Waals surface area contributed by atoms with Crippen LogP contribution in [0.25, 0.3) is 0 Å². The number of nitrogens with two attached hydrogens (primary N) is 1. The summed E-state index contributed by atoms with van der Waals surface area (Å²) in [7, 11) is 0. The predicted molar refractivity (Wildman–Crippen MR) is 73.5 cm³/mol. The summed E-state index contributed by atoms with van der Waals surface area (Å²) in [6.45, 7) is 7.40. The molecule has 2 rings (SSSR count). The van der Waals surface area contributed by atoms with E-state index in [4.69, 9.17) is 10.5 Å². The van der Waals surface area contributed by atoms with Gasteiger partial charge in [0.1, 0.15) is 5.75 Å². The maximum absolute atomic E-state index is 6.56. The lowest BCUT2D eigenvalue weighted by Gasteiger charge is -2.27. The second-order valence-electron chi connectivity index (χ2n) is 6.25. The second-order valence-corrected chi connectivity index (χ2v) is 6.25. The summed E-state index contributed by atoms with van der Waals surface area (Å²) < 4.78 is 5.63. The van der Waals surface area contributed by atoms with E-state index in [-0.39, 0.29) is 5.54 Å². The summed E-state index contributed by atoms with van der Waals surface area (Å²) in [5.41, 5.74) is 7.77. The Morgan fingerprint density at radius 3 is 2.72 bits per heavy atom. The quantitative estimate of drug-likeness (QED) is 0.890. The van der Waals surface area contributed by atoms with Gasteiger partial charge in [0, 0.05) is 11.7 Å². The largest absolute Gasteiger partial charge is 0.492 e. The highest BCUT2D eigenvalue weighted by Crippen LogP contribution is 2.47. The number of ether oxygens (including phenoxy) is 1. The van der Waals surface area contributed by atoms with Gasteiger partial charge in [-0.25, -0.2) is 0 Å². The molecular weight excluding hydrogens is 224 g/mol. The lowest BCUT2D eigenvalue weighted by atomic mass is 9.85. The minimum absolute atomic E-state index is 0.234. The molecule has 1 heterocycles. The van der Waals surface area contributed by atoms with Gasteiger partial charge in [0.05, 0.1) is 12.8 Å². The zero-order valence-electron chi connectivity index (χ0n) is 11.7. The first-order valence-corrected chi connectivity index (χ1v) is 6.82. The van der Waals surface area contributed by atoms with Gasteiger partial charge in [0.2, 0.25) is 0 Å². The molecule has 1 aromatic heterocycles. The minimum Gasteiger partial charge on any atom is -0.492 e. The molecular formula is C15H24N2O. The normalized spacial score (nSPS) is 26.2. The molecule has 0 radical (unpaired) electrons. The van der Waals surface area contributed by atoms with E-state index in [1.54, 1.807) is 6.20 Å². The van der Waals surface area contributed by atoms with Gasteiger partial charge in [-0.15, -0.1) is 0 Å². The van der Waals surface area contributed by atoms with Gasteiger partial charge < -0.3 is 10.5 Å². The van der Waals surface area contributed by atoms with Crippen molar-refractivity contribution < 1.29 is 4.74 Å². The molecule has 0 amide bonds. The Labute approximate surface area is 110 Å². The number of rotatable bonds is 4. The van der Waals surface area contributed by atoms with E-state index in [0.717, 1.165) is 37.2 Å². The van der Waals surface area contributed by atoms with Crippen LogP contribution in [0, 0.1) is 5.41 Å².